The second kappa shape index (κ2) is 11.2. The minimum absolute atomic E-state index is 0.548. The van der Waals surface area contributed by atoms with Gasteiger partial charge in [-0.05, 0) is 64.9 Å². The number of benzene rings is 7. The molecule has 4 aromatic heterocycles. The van der Waals surface area contributed by atoms with E-state index in [1.807, 2.05) is 60.8 Å². The molecule has 0 atom stereocenters. The van der Waals surface area contributed by atoms with E-state index < -0.39 is 0 Å². The van der Waals surface area contributed by atoms with Gasteiger partial charge < -0.3 is 8.83 Å². The molecule has 4 heterocycles. The van der Waals surface area contributed by atoms with Crippen LogP contribution in [0.25, 0.3) is 111 Å². The van der Waals surface area contributed by atoms with Crippen LogP contribution in [-0.2, 0) is 0 Å². The summed E-state index contributed by atoms with van der Waals surface area (Å²) in [7, 11) is 0. The molecule has 242 valence electrons. The fourth-order valence-corrected chi connectivity index (χ4v) is 7.51. The first-order valence-electron chi connectivity index (χ1n) is 17.2. The molecule has 0 unspecified atom stereocenters. The summed E-state index contributed by atoms with van der Waals surface area (Å²) in [6, 6.07) is 51.5. The summed E-state index contributed by atoms with van der Waals surface area (Å²) in [6.45, 7) is 0. The summed E-state index contributed by atoms with van der Waals surface area (Å²) in [5.41, 5.74) is 8.71. The third kappa shape index (κ3) is 4.44. The van der Waals surface area contributed by atoms with Gasteiger partial charge in [0.1, 0.15) is 22.3 Å². The average Bonchev–Trinajstić information content (AvgIpc) is 3.78. The highest BCUT2D eigenvalue weighted by atomic mass is 16.3. The Morgan fingerprint density at radius 1 is 0.385 bits per heavy atom. The first kappa shape index (κ1) is 28.6. The van der Waals surface area contributed by atoms with Crippen LogP contribution in [0.2, 0.25) is 0 Å². The molecule has 0 aliphatic rings. The third-order valence-electron chi connectivity index (χ3n) is 9.96. The molecule has 11 aromatic rings. The van der Waals surface area contributed by atoms with Crippen LogP contribution in [0.4, 0.5) is 0 Å². The molecule has 0 radical (unpaired) electrons. The lowest BCUT2D eigenvalue weighted by atomic mass is 9.97. The molecule has 0 fully saturated rings. The first-order valence-corrected chi connectivity index (χ1v) is 17.2. The van der Waals surface area contributed by atoms with Crippen molar-refractivity contribution < 1.29 is 8.83 Å². The van der Waals surface area contributed by atoms with Crippen LogP contribution in [0, 0.1) is 0 Å². The van der Waals surface area contributed by atoms with Crippen molar-refractivity contribution in [2.45, 2.75) is 0 Å². The molecule has 6 heteroatoms. The zero-order chi connectivity index (χ0) is 34.2. The molecule has 11 rings (SSSR count). The van der Waals surface area contributed by atoms with Crippen molar-refractivity contribution in [2.75, 3.05) is 0 Å². The number of furan rings is 2. The van der Waals surface area contributed by atoms with Crippen molar-refractivity contribution in [3.63, 3.8) is 0 Å². The van der Waals surface area contributed by atoms with E-state index in [0.29, 0.717) is 17.5 Å². The fraction of sp³-hybridized carbons (Fsp3) is 0. The quantitative estimate of drug-likeness (QED) is 0.186. The minimum Gasteiger partial charge on any atom is -0.456 e. The Bertz CT molecular complexity index is 3200. The van der Waals surface area contributed by atoms with Gasteiger partial charge in [-0.25, -0.2) is 15.0 Å². The Morgan fingerprint density at radius 3 is 2.02 bits per heavy atom. The molecule has 7 aromatic carbocycles. The Morgan fingerprint density at radius 2 is 1.12 bits per heavy atom. The van der Waals surface area contributed by atoms with Crippen LogP contribution >= 0.6 is 0 Å². The molecule has 0 aliphatic heterocycles. The van der Waals surface area contributed by atoms with Crippen LogP contribution in [0.15, 0.2) is 167 Å². The Hall–Kier alpha value is -7.18. The highest BCUT2D eigenvalue weighted by Gasteiger charge is 2.23. The molecule has 0 aliphatic carbocycles. The topological polar surface area (TPSA) is 77.8 Å². The summed E-state index contributed by atoms with van der Waals surface area (Å²) < 4.78 is 13.1. The van der Waals surface area contributed by atoms with Gasteiger partial charge in [-0.1, -0.05) is 103 Å². The van der Waals surface area contributed by atoms with E-state index in [9.17, 15) is 0 Å². The van der Waals surface area contributed by atoms with E-state index in [1.165, 1.54) is 0 Å². The van der Waals surface area contributed by atoms with Crippen LogP contribution in [0.5, 0.6) is 0 Å². The number of fused-ring (bicyclic) bond motifs is 8. The van der Waals surface area contributed by atoms with Crippen LogP contribution < -0.4 is 0 Å². The van der Waals surface area contributed by atoms with Gasteiger partial charge in [0.05, 0.1) is 5.52 Å². The second-order valence-corrected chi connectivity index (χ2v) is 13.0. The third-order valence-corrected chi connectivity index (χ3v) is 9.96. The van der Waals surface area contributed by atoms with Gasteiger partial charge in [0.25, 0.3) is 0 Å². The minimum atomic E-state index is 0.548. The zero-order valence-corrected chi connectivity index (χ0v) is 27.6. The lowest BCUT2D eigenvalue weighted by molar-refractivity contribution is 0.669. The molecule has 0 N–H and O–H groups in total. The number of hydrogen-bond acceptors (Lipinski definition) is 6. The lowest BCUT2D eigenvalue weighted by Crippen LogP contribution is -2.01. The van der Waals surface area contributed by atoms with Gasteiger partial charge in [0.15, 0.2) is 17.5 Å². The summed E-state index contributed by atoms with van der Waals surface area (Å²) in [6.07, 6.45) is 1.82. The lowest BCUT2D eigenvalue weighted by Gasteiger charge is -2.12. The SMILES string of the molecule is c1ccc(-c2ccc(-c3nc(-c4ccc5ccccc5c4)nc(-c4cccc5oc6ccccc6c45)n3)c3c2oc2cc4cccnc4cc23)cc1. The maximum Gasteiger partial charge on any atom is 0.164 e. The summed E-state index contributed by atoms with van der Waals surface area (Å²) >= 11 is 0. The molecule has 6 nitrogen and oxygen atoms in total. The van der Waals surface area contributed by atoms with E-state index in [0.717, 1.165) is 93.4 Å². The molecular weight excluding hydrogens is 641 g/mol. The maximum atomic E-state index is 6.77. The normalized spacial score (nSPS) is 11.8. The number of rotatable bonds is 4. The number of nitrogens with zero attached hydrogens (tertiary/aromatic N) is 4. The molecule has 0 bridgehead atoms. The first-order chi connectivity index (χ1) is 25.7. The maximum absolute atomic E-state index is 6.77. The van der Waals surface area contributed by atoms with Crippen molar-refractivity contribution in [3.8, 4) is 45.3 Å². The van der Waals surface area contributed by atoms with Crippen LogP contribution in [0.1, 0.15) is 0 Å². The molecule has 0 spiro atoms. The van der Waals surface area contributed by atoms with Crippen molar-refractivity contribution in [3.05, 3.63) is 158 Å². The highest BCUT2D eigenvalue weighted by Crippen LogP contribution is 2.43. The molecule has 52 heavy (non-hydrogen) atoms. The zero-order valence-electron chi connectivity index (χ0n) is 27.6. The Labute approximate surface area is 296 Å². The number of aromatic nitrogens is 4. The Kier molecular flexibility index (Phi) is 6.15. The molecular formula is C46H26N4O2. The molecule has 0 saturated heterocycles. The average molecular weight is 667 g/mol. The predicted octanol–water partition coefficient (Wildman–Crippen LogP) is 12.0. The van der Waals surface area contributed by atoms with E-state index in [4.69, 9.17) is 28.8 Å². The van der Waals surface area contributed by atoms with Gasteiger partial charge >= 0.3 is 0 Å². The van der Waals surface area contributed by atoms with Crippen molar-refractivity contribution in [1.29, 1.82) is 0 Å². The van der Waals surface area contributed by atoms with E-state index >= 15 is 0 Å². The largest absolute Gasteiger partial charge is 0.456 e. The van der Waals surface area contributed by atoms with Crippen LogP contribution in [-0.4, -0.2) is 19.9 Å². The summed E-state index contributed by atoms with van der Waals surface area (Å²) in [5, 5.41) is 7.13. The van der Waals surface area contributed by atoms with Gasteiger partial charge in [0.2, 0.25) is 0 Å². The van der Waals surface area contributed by atoms with E-state index in [-0.39, 0.29) is 0 Å². The standard InChI is InChI=1S/C46H26N4O2/c1-2-11-28(12-3-1)32-21-22-35(42-36-26-37-30(14-9-23-47-37)25-40(36)52-43(32)42)46-49-44(31-20-19-27-10-4-5-13-29(27)24-31)48-45(50-46)34-16-8-18-39-41(34)33-15-6-7-17-38(33)51-39/h1-26H. The number of hydrogen-bond donors (Lipinski definition) is 0. The van der Waals surface area contributed by atoms with E-state index in [2.05, 4.69) is 97.1 Å². The second-order valence-electron chi connectivity index (χ2n) is 13.0. The van der Waals surface area contributed by atoms with Crippen LogP contribution in [0.3, 0.4) is 0 Å². The fourth-order valence-electron chi connectivity index (χ4n) is 7.51. The molecule has 0 saturated carbocycles. The summed E-state index contributed by atoms with van der Waals surface area (Å²) in [4.78, 5) is 20.4. The van der Waals surface area contributed by atoms with Gasteiger partial charge in [0, 0.05) is 55.4 Å². The Balaban J connectivity index is 1.24. The van der Waals surface area contributed by atoms with Crippen molar-refractivity contribution >= 4 is 65.6 Å². The van der Waals surface area contributed by atoms with Gasteiger partial charge in [-0.2, -0.15) is 0 Å². The smallest absolute Gasteiger partial charge is 0.164 e. The van der Waals surface area contributed by atoms with E-state index in [1.54, 1.807) is 0 Å². The number of pyridine rings is 1. The predicted molar refractivity (Wildman–Crippen MR) is 209 cm³/mol. The van der Waals surface area contributed by atoms with Crippen molar-refractivity contribution in [2.24, 2.45) is 0 Å². The number of para-hydroxylation sites is 1. The van der Waals surface area contributed by atoms with Crippen molar-refractivity contribution in [1.82, 2.24) is 19.9 Å². The summed E-state index contributed by atoms with van der Waals surface area (Å²) in [5.74, 6) is 1.69. The monoisotopic (exact) mass is 666 g/mol. The molecule has 0 amide bonds. The highest BCUT2D eigenvalue weighted by molar-refractivity contribution is 6.18. The van der Waals surface area contributed by atoms with Gasteiger partial charge in [-0.3, -0.25) is 4.98 Å². The van der Waals surface area contributed by atoms with Gasteiger partial charge in [-0.15, -0.1) is 0 Å².